The molecule has 0 saturated carbocycles. The zero-order valence-corrected chi connectivity index (χ0v) is 6.45. The molecule has 11 heavy (non-hydrogen) atoms. The molecule has 1 unspecified atom stereocenters. The molecule has 2 N–H and O–H groups in total. The van der Waals surface area contributed by atoms with E-state index in [0.29, 0.717) is 13.1 Å². The summed E-state index contributed by atoms with van der Waals surface area (Å²) in [7, 11) is 1.53. The van der Waals surface area contributed by atoms with Crippen molar-refractivity contribution in [3.05, 3.63) is 0 Å². The van der Waals surface area contributed by atoms with Crippen molar-refractivity contribution in [3.63, 3.8) is 0 Å². The lowest BCUT2D eigenvalue weighted by Gasteiger charge is -2.09. The molecule has 0 radical (unpaired) electrons. The first-order valence-electron chi connectivity index (χ1n) is 3.42. The van der Waals surface area contributed by atoms with E-state index in [9.17, 15) is 4.79 Å². The highest BCUT2D eigenvalue weighted by Gasteiger charge is 2.29. The van der Waals surface area contributed by atoms with E-state index in [0.717, 1.165) is 0 Å². The molecule has 1 atom stereocenters. The molecule has 0 bridgehead atoms. The minimum atomic E-state index is -0.345. The van der Waals surface area contributed by atoms with Gasteiger partial charge in [0.2, 0.25) is 0 Å². The van der Waals surface area contributed by atoms with Crippen LogP contribution >= 0.6 is 0 Å². The van der Waals surface area contributed by atoms with E-state index >= 15 is 0 Å². The van der Waals surface area contributed by atoms with E-state index in [1.807, 2.05) is 0 Å². The van der Waals surface area contributed by atoms with E-state index in [1.165, 1.54) is 12.0 Å². The maximum atomic E-state index is 10.9. The summed E-state index contributed by atoms with van der Waals surface area (Å²) in [5.74, 6) is 0. The third-order valence-electron chi connectivity index (χ3n) is 1.50. The van der Waals surface area contributed by atoms with E-state index < -0.39 is 0 Å². The lowest BCUT2D eigenvalue weighted by atomic mass is 10.4. The second-order valence-corrected chi connectivity index (χ2v) is 2.38. The minimum absolute atomic E-state index is 0.169. The molecule has 5 heteroatoms. The Labute approximate surface area is 65.0 Å². The molecule has 0 spiro atoms. The number of amides is 1. The average Bonchev–Trinajstić information content (AvgIpc) is 2.33. The molecule has 1 saturated heterocycles. The van der Waals surface area contributed by atoms with Crippen LogP contribution in [-0.2, 0) is 9.47 Å². The number of rotatable bonds is 3. The third kappa shape index (κ3) is 1.81. The molecule has 64 valence electrons. The molecule has 0 aromatic carbocycles. The Bertz CT molecular complexity index is 151. The fourth-order valence-electron chi connectivity index (χ4n) is 0.959. The van der Waals surface area contributed by atoms with Crippen molar-refractivity contribution in [2.75, 3.05) is 26.9 Å². The van der Waals surface area contributed by atoms with Gasteiger partial charge in [0.1, 0.15) is 12.8 Å². The van der Waals surface area contributed by atoms with Crippen LogP contribution in [0.25, 0.3) is 0 Å². The van der Waals surface area contributed by atoms with Gasteiger partial charge in [-0.2, -0.15) is 0 Å². The monoisotopic (exact) mass is 160 g/mol. The molecular formula is C6H12N2O3. The second kappa shape index (κ2) is 3.54. The summed E-state index contributed by atoms with van der Waals surface area (Å²) in [5, 5.41) is 0. The molecule has 1 aliphatic heterocycles. The molecule has 5 nitrogen and oxygen atoms in total. The molecule has 0 aromatic heterocycles. The maximum Gasteiger partial charge on any atom is 0.412 e. The van der Waals surface area contributed by atoms with Crippen LogP contribution in [-0.4, -0.2) is 44.0 Å². The van der Waals surface area contributed by atoms with Crippen molar-refractivity contribution < 1.29 is 14.3 Å². The van der Waals surface area contributed by atoms with E-state index in [-0.39, 0.29) is 18.9 Å². The fraction of sp³-hybridized carbons (Fsp3) is 0.833. The number of carbonyl (C=O) groups is 1. The summed E-state index contributed by atoms with van der Waals surface area (Å²) in [6, 6.07) is 0. The predicted octanol–water partition coefficient (Wildman–Crippen LogP) is -0.630. The zero-order valence-electron chi connectivity index (χ0n) is 6.45. The molecule has 1 amide bonds. The summed E-state index contributed by atoms with van der Waals surface area (Å²) in [6.45, 7) is 1.17. The van der Waals surface area contributed by atoms with E-state index in [4.69, 9.17) is 15.2 Å². The number of nitrogens with zero attached hydrogens (tertiary/aromatic N) is 1. The van der Waals surface area contributed by atoms with Gasteiger partial charge in [-0.05, 0) is 0 Å². The van der Waals surface area contributed by atoms with Crippen molar-refractivity contribution in [2.24, 2.45) is 5.73 Å². The standard InChI is InChI=1S/C6H12N2O3/c1-10-4-8-3-5(2-7)11-6(8)9/h5H,2-4,7H2,1H3. The molecule has 0 aliphatic carbocycles. The Hall–Kier alpha value is -0.810. The van der Waals surface area contributed by atoms with Crippen LogP contribution in [0.1, 0.15) is 0 Å². The van der Waals surface area contributed by atoms with Gasteiger partial charge in [0, 0.05) is 13.7 Å². The van der Waals surface area contributed by atoms with Crippen LogP contribution in [0.2, 0.25) is 0 Å². The number of carbonyl (C=O) groups excluding carboxylic acids is 1. The van der Waals surface area contributed by atoms with Gasteiger partial charge >= 0.3 is 6.09 Å². The highest BCUT2D eigenvalue weighted by molar-refractivity contribution is 5.69. The Morgan fingerprint density at radius 2 is 2.64 bits per heavy atom. The Balaban J connectivity index is 2.38. The maximum absolute atomic E-state index is 10.9. The van der Waals surface area contributed by atoms with E-state index in [2.05, 4.69) is 0 Å². The van der Waals surface area contributed by atoms with Gasteiger partial charge in [0.05, 0.1) is 6.54 Å². The summed E-state index contributed by atoms with van der Waals surface area (Å²) >= 11 is 0. The molecule has 1 aliphatic rings. The number of hydrogen-bond acceptors (Lipinski definition) is 4. The molecule has 0 aromatic rings. The van der Waals surface area contributed by atoms with Gasteiger partial charge in [0.15, 0.2) is 0 Å². The predicted molar refractivity (Wildman–Crippen MR) is 37.9 cm³/mol. The number of nitrogens with two attached hydrogens (primary N) is 1. The normalized spacial score (nSPS) is 24.0. The fourth-order valence-corrected chi connectivity index (χ4v) is 0.959. The SMILES string of the molecule is COCN1CC(CN)OC1=O. The molecule has 1 heterocycles. The van der Waals surface area contributed by atoms with Crippen LogP contribution in [0.15, 0.2) is 0 Å². The second-order valence-electron chi connectivity index (χ2n) is 2.38. The topological polar surface area (TPSA) is 64.8 Å². The summed E-state index contributed by atoms with van der Waals surface area (Å²) in [6.07, 6.45) is -0.514. The Morgan fingerprint density at radius 3 is 3.09 bits per heavy atom. The van der Waals surface area contributed by atoms with Crippen LogP contribution < -0.4 is 5.73 Å². The highest BCUT2D eigenvalue weighted by Crippen LogP contribution is 2.08. The van der Waals surface area contributed by atoms with Crippen molar-refractivity contribution in [1.29, 1.82) is 0 Å². The number of methoxy groups -OCH3 is 1. The smallest absolute Gasteiger partial charge is 0.412 e. The van der Waals surface area contributed by atoms with Gasteiger partial charge in [-0.3, -0.25) is 4.90 Å². The minimum Gasteiger partial charge on any atom is -0.443 e. The van der Waals surface area contributed by atoms with Gasteiger partial charge in [0.25, 0.3) is 0 Å². The third-order valence-corrected chi connectivity index (χ3v) is 1.50. The first kappa shape index (κ1) is 8.29. The van der Waals surface area contributed by atoms with Crippen molar-refractivity contribution in [2.45, 2.75) is 6.10 Å². The highest BCUT2D eigenvalue weighted by atomic mass is 16.6. The summed E-state index contributed by atoms with van der Waals surface area (Å²) in [4.78, 5) is 12.4. The number of hydrogen-bond donors (Lipinski definition) is 1. The molecule has 1 fully saturated rings. The van der Waals surface area contributed by atoms with Crippen LogP contribution in [0.4, 0.5) is 4.79 Å². The number of ether oxygens (including phenoxy) is 2. The Kier molecular flexibility index (Phi) is 2.67. The van der Waals surface area contributed by atoms with Crippen LogP contribution in [0.3, 0.4) is 0 Å². The average molecular weight is 160 g/mol. The first-order chi connectivity index (χ1) is 5.27. The Morgan fingerprint density at radius 1 is 1.91 bits per heavy atom. The summed E-state index contributed by atoms with van der Waals surface area (Å²) in [5.41, 5.74) is 5.31. The zero-order chi connectivity index (χ0) is 8.27. The first-order valence-corrected chi connectivity index (χ1v) is 3.42. The molecule has 1 rings (SSSR count). The van der Waals surface area contributed by atoms with Crippen LogP contribution in [0, 0.1) is 0 Å². The molecular weight excluding hydrogens is 148 g/mol. The number of cyclic esters (lactones) is 1. The summed E-state index contributed by atoms with van der Waals surface area (Å²) < 4.78 is 9.63. The van der Waals surface area contributed by atoms with Gasteiger partial charge in [-0.15, -0.1) is 0 Å². The lowest BCUT2D eigenvalue weighted by Crippen LogP contribution is -2.29. The van der Waals surface area contributed by atoms with Crippen LogP contribution in [0.5, 0.6) is 0 Å². The van der Waals surface area contributed by atoms with Crippen molar-refractivity contribution in [3.8, 4) is 0 Å². The van der Waals surface area contributed by atoms with Crippen molar-refractivity contribution >= 4 is 6.09 Å². The lowest BCUT2D eigenvalue weighted by molar-refractivity contribution is 0.0850. The largest absolute Gasteiger partial charge is 0.443 e. The van der Waals surface area contributed by atoms with Gasteiger partial charge in [-0.1, -0.05) is 0 Å². The van der Waals surface area contributed by atoms with Crippen molar-refractivity contribution in [1.82, 2.24) is 4.90 Å². The quantitative estimate of drug-likeness (QED) is 0.597. The van der Waals surface area contributed by atoms with Gasteiger partial charge in [-0.25, -0.2) is 4.79 Å². The van der Waals surface area contributed by atoms with Gasteiger partial charge < -0.3 is 15.2 Å². The van der Waals surface area contributed by atoms with E-state index in [1.54, 1.807) is 0 Å².